The first-order chi connectivity index (χ1) is 12.7. The molecule has 1 heterocycles. The molecule has 0 spiro atoms. The monoisotopic (exact) mass is 391 g/mol. The van der Waals surface area contributed by atoms with Crippen molar-refractivity contribution in [3.05, 3.63) is 54.4 Å². The summed E-state index contributed by atoms with van der Waals surface area (Å²) in [5, 5.41) is 2.76. The number of ether oxygens (including phenoxy) is 1. The van der Waals surface area contributed by atoms with Gasteiger partial charge in [0, 0.05) is 24.8 Å². The molecule has 1 N–H and O–H groups in total. The van der Waals surface area contributed by atoms with Crippen LogP contribution in [-0.4, -0.2) is 42.5 Å². The van der Waals surface area contributed by atoms with Gasteiger partial charge in [-0.2, -0.15) is 4.31 Å². The SMILES string of the molecule is CC(C)Oc1ccc(NC(=O)CCN(Cc2ccccn2)S(C)(=O)=O)cc1. The number of hydrogen-bond acceptors (Lipinski definition) is 5. The molecule has 27 heavy (non-hydrogen) atoms. The summed E-state index contributed by atoms with van der Waals surface area (Å²) >= 11 is 0. The number of benzene rings is 1. The van der Waals surface area contributed by atoms with Crippen LogP contribution in [0.25, 0.3) is 0 Å². The van der Waals surface area contributed by atoms with E-state index >= 15 is 0 Å². The van der Waals surface area contributed by atoms with E-state index in [1.165, 1.54) is 4.31 Å². The number of anilines is 1. The van der Waals surface area contributed by atoms with E-state index in [4.69, 9.17) is 4.74 Å². The average molecular weight is 391 g/mol. The second kappa shape index (κ2) is 9.48. The maximum atomic E-state index is 12.2. The lowest BCUT2D eigenvalue weighted by Crippen LogP contribution is -2.32. The molecule has 0 aliphatic carbocycles. The predicted octanol–water partition coefficient (Wildman–Crippen LogP) is 2.66. The molecule has 1 aromatic carbocycles. The number of pyridine rings is 1. The van der Waals surface area contributed by atoms with Crippen molar-refractivity contribution in [2.24, 2.45) is 0 Å². The third kappa shape index (κ3) is 7.36. The van der Waals surface area contributed by atoms with Gasteiger partial charge < -0.3 is 10.1 Å². The smallest absolute Gasteiger partial charge is 0.225 e. The van der Waals surface area contributed by atoms with Crippen LogP contribution < -0.4 is 10.1 Å². The molecule has 0 saturated heterocycles. The minimum absolute atomic E-state index is 0.0458. The van der Waals surface area contributed by atoms with E-state index in [1.54, 1.807) is 48.7 Å². The van der Waals surface area contributed by atoms with Crippen molar-refractivity contribution in [3.63, 3.8) is 0 Å². The van der Waals surface area contributed by atoms with Crippen LogP contribution in [0.2, 0.25) is 0 Å². The Morgan fingerprint density at radius 3 is 2.44 bits per heavy atom. The lowest BCUT2D eigenvalue weighted by Gasteiger charge is -2.19. The maximum absolute atomic E-state index is 12.2. The molecule has 7 nitrogen and oxygen atoms in total. The zero-order valence-corrected chi connectivity index (χ0v) is 16.6. The van der Waals surface area contributed by atoms with Gasteiger partial charge in [0.1, 0.15) is 5.75 Å². The molecule has 1 amide bonds. The van der Waals surface area contributed by atoms with Crippen LogP contribution in [0, 0.1) is 0 Å². The molecule has 146 valence electrons. The Hall–Kier alpha value is -2.45. The Morgan fingerprint density at radius 2 is 1.89 bits per heavy atom. The number of hydrogen-bond donors (Lipinski definition) is 1. The number of sulfonamides is 1. The average Bonchev–Trinajstić information content (AvgIpc) is 2.60. The molecule has 0 saturated carbocycles. The van der Waals surface area contributed by atoms with E-state index in [9.17, 15) is 13.2 Å². The van der Waals surface area contributed by atoms with Gasteiger partial charge in [0.2, 0.25) is 15.9 Å². The topological polar surface area (TPSA) is 88.6 Å². The first-order valence-corrected chi connectivity index (χ1v) is 10.5. The fraction of sp³-hybridized carbons (Fsp3) is 0.368. The summed E-state index contributed by atoms with van der Waals surface area (Å²) in [5.41, 5.74) is 1.26. The van der Waals surface area contributed by atoms with Crippen LogP contribution in [0.3, 0.4) is 0 Å². The van der Waals surface area contributed by atoms with Crippen molar-refractivity contribution in [1.82, 2.24) is 9.29 Å². The summed E-state index contributed by atoms with van der Waals surface area (Å²) in [6, 6.07) is 12.4. The van der Waals surface area contributed by atoms with E-state index in [-0.39, 0.29) is 31.5 Å². The van der Waals surface area contributed by atoms with Gasteiger partial charge in [0.15, 0.2) is 0 Å². The summed E-state index contributed by atoms with van der Waals surface area (Å²) < 4.78 is 30.8. The minimum atomic E-state index is -3.45. The zero-order valence-electron chi connectivity index (χ0n) is 15.8. The summed E-state index contributed by atoms with van der Waals surface area (Å²) in [7, 11) is -3.45. The quantitative estimate of drug-likeness (QED) is 0.710. The summed E-state index contributed by atoms with van der Waals surface area (Å²) in [4.78, 5) is 16.3. The Morgan fingerprint density at radius 1 is 1.19 bits per heavy atom. The molecular weight excluding hydrogens is 366 g/mol. The Labute approximate surface area is 160 Å². The second-order valence-corrected chi connectivity index (χ2v) is 8.39. The van der Waals surface area contributed by atoms with Crippen molar-refractivity contribution < 1.29 is 17.9 Å². The van der Waals surface area contributed by atoms with Crippen LogP contribution in [0.1, 0.15) is 26.0 Å². The zero-order chi connectivity index (χ0) is 19.9. The highest BCUT2D eigenvalue weighted by Crippen LogP contribution is 2.17. The van der Waals surface area contributed by atoms with Crippen LogP contribution >= 0.6 is 0 Å². The standard InChI is InChI=1S/C19H25N3O4S/c1-15(2)26-18-9-7-16(8-10-18)21-19(23)11-13-22(27(3,24)25)14-17-6-4-5-12-20-17/h4-10,12,15H,11,13-14H2,1-3H3,(H,21,23). The Balaban J connectivity index is 1.91. The van der Waals surface area contributed by atoms with E-state index in [0.29, 0.717) is 11.4 Å². The summed E-state index contributed by atoms with van der Waals surface area (Å²) in [5.74, 6) is 0.462. The number of amides is 1. The highest BCUT2D eigenvalue weighted by molar-refractivity contribution is 7.88. The lowest BCUT2D eigenvalue weighted by molar-refractivity contribution is -0.116. The molecule has 2 rings (SSSR count). The molecule has 0 aliphatic rings. The molecule has 0 fully saturated rings. The molecule has 0 unspecified atom stereocenters. The third-order valence-electron chi connectivity index (χ3n) is 3.63. The molecule has 0 atom stereocenters. The largest absolute Gasteiger partial charge is 0.491 e. The van der Waals surface area contributed by atoms with E-state index in [0.717, 1.165) is 12.0 Å². The van der Waals surface area contributed by atoms with Crippen molar-refractivity contribution in [1.29, 1.82) is 0 Å². The van der Waals surface area contributed by atoms with Crippen molar-refractivity contribution in [3.8, 4) is 5.75 Å². The van der Waals surface area contributed by atoms with Gasteiger partial charge >= 0.3 is 0 Å². The normalized spacial score (nSPS) is 11.6. The van der Waals surface area contributed by atoms with Gasteiger partial charge in [-0.1, -0.05) is 6.07 Å². The number of nitrogens with zero attached hydrogens (tertiary/aromatic N) is 2. The number of aromatic nitrogens is 1. The van der Waals surface area contributed by atoms with E-state index < -0.39 is 10.0 Å². The van der Waals surface area contributed by atoms with Gasteiger partial charge in [-0.3, -0.25) is 9.78 Å². The van der Waals surface area contributed by atoms with Crippen LogP contribution in [-0.2, 0) is 21.4 Å². The molecule has 2 aromatic rings. The van der Waals surface area contributed by atoms with Crippen LogP contribution in [0.15, 0.2) is 48.7 Å². The summed E-state index contributed by atoms with van der Waals surface area (Å²) in [6.45, 7) is 4.09. The second-order valence-electron chi connectivity index (χ2n) is 6.41. The van der Waals surface area contributed by atoms with Crippen molar-refractivity contribution >= 4 is 21.6 Å². The number of rotatable bonds is 9. The van der Waals surface area contributed by atoms with Crippen LogP contribution in [0.4, 0.5) is 5.69 Å². The van der Waals surface area contributed by atoms with Crippen LogP contribution in [0.5, 0.6) is 5.75 Å². The van der Waals surface area contributed by atoms with Crippen molar-refractivity contribution in [2.75, 3.05) is 18.1 Å². The van der Waals surface area contributed by atoms with Gasteiger partial charge in [-0.15, -0.1) is 0 Å². The lowest BCUT2D eigenvalue weighted by atomic mass is 10.3. The minimum Gasteiger partial charge on any atom is -0.491 e. The number of nitrogens with one attached hydrogen (secondary N) is 1. The van der Waals surface area contributed by atoms with E-state index in [2.05, 4.69) is 10.3 Å². The Kier molecular flexibility index (Phi) is 7.32. The molecule has 0 bridgehead atoms. The molecule has 8 heteroatoms. The van der Waals surface area contributed by atoms with Gasteiger partial charge in [0.25, 0.3) is 0 Å². The maximum Gasteiger partial charge on any atom is 0.225 e. The fourth-order valence-corrected chi connectivity index (χ4v) is 3.16. The highest BCUT2D eigenvalue weighted by Gasteiger charge is 2.19. The molecule has 0 aliphatic heterocycles. The number of carbonyl (C=O) groups is 1. The Bertz CT molecular complexity index is 837. The van der Waals surface area contributed by atoms with Gasteiger partial charge in [0.05, 0.1) is 24.6 Å². The first-order valence-electron chi connectivity index (χ1n) is 8.65. The first kappa shape index (κ1) is 20.9. The van der Waals surface area contributed by atoms with Crippen molar-refractivity contribution in [2.45, 2.75) is 32.9 Å². The highest BCUT2D eigenvalue weighted by atomic mass is 32.2. The van der Waals surface area contributed by atoms with Gasteiger partial charge in [-0.25, -0.2) is 8.42 Å². The predicted molar refractivity (Wildman–Crippen MR) is 105 cm³/mol. The molecule has 1 aromatic heterocycles. The van der Waals surface area contributed by atoms with E-state index in [1.807, 2.05) is 13.8 Å². The molecule has 0 radical (unpaired) electrons. The number of carbonyl (C=O) groups excluding carboxylic acids is 1. The third-order valence-corrected chi connectivity index (χ3v) is 4.88. The molecular formula is C19H25N3O4S. The van der Waals surface area contributed by atoms with Gasteiger partial charge in [-0.05, 0) is 50.2 Å². The fourth-order valence-electron chi connectivity index (χ4n) is 2.37. The summed E-state index contributed by atoms with van der Waals surface area (Å²) in [6.07, 6.45) is 2.85.